The van der Waals surface area contributed by atoms with Crippen LogP contribution < -0.4 is 14.8 Å². The van der Waals surface area contributed by atoms with Gasteiger partial charge in [-0.15, -0.1) is 0 Å². The highest BCUT2D eigenvalue weighted by molar-refractivity contribution is 9.10. The van der Waals surface area contributed by atoms with E-state index in [-0.39, 0.29) is 11.9 Å². The van der Waals surface area contributed by atoms with E-state index in [2.05, 4.69) is 21.2 Å². The number of carbonyl (C=O) groups is 1. The Labute approximate surface area is 143 Å². The molecule has 2 aromatic rings. The molecule has 23 heavy (non-hydrogen) atoms. The number of amides is 1. The Morgan fingerprint density at radius 2 is 1.83 bits per heavy atom. The summed E-state index contributed by atoms with van der Waals surface area (Å²) in [6.07, 6.45) is 0.317. The van der Waals surface area contributed by atoms with Gasteiger partial charge in [-0.2, -0.15) is 0 Å². The average Bonchev–Trinajstić information content (AvgIpc) is 2.55. The summed E-state index contributed by atoms with van der Waals surface area (Å²) in [7, 11) is 0. The van der Waals surface area contributed by atoms with Crippen molar-refractivity contribution in [2.75, 3.05) is 13.2 Å². The molecular weight excluding hydrogens is 358 g/mol. The third-order valence-corrected chi connectivity index (χ3v) is 4.25. The van der Waals surface area contributed by atoms with Crippen LogP contribution in [0.2, 0.25) is 0 Å². The van der Waals surface area contributed by atoms with Crippen molar-refractivity contribution in [3.63, 3.8) is 0 Å². The molecular formula is C18H18BrNO3. The maximum Gasteiger partial charge on any atom is 0.224 e. The van der Waals surface area contributed by atoms with Gasteiger partial charge in [0.05, 0.1) is 12.5 Å². The zero-order chi connectivity index (χ0) is 16.2. The molecule has 3 rings (SSSR count). The normalized spacial score (nSPS) is 14.2. The lowest BCUT2D eigenvalue weighted by Crippen LogP contribution is -2.28. The first-order valence-electron chi connectivity index (χ1n) is 7.55. The summed E-state index contributed by atoms with van der Waals surface area (Å²) in [5.41, 5.74) is 1.98. The molecule has 5 heteroatoms. The zero-order valence-corrected chi connectivity index (χ0v) is 14.4. The molecule has 1 amide bonds. The number of hydrogen-bond acceptors (Lipinski definition) is 3. The molecule has 0 radical (unpaired) electrons. The van der Waals surface area contributed by atoms with Gasteiger partial charge in [-0.1, -0.05) is 34.1 Å². The highest BCUT2D eigenvalue weighted by Crippen LogP contribution is 2.30. The minimum atomic E-state index is -0.0344. The van der Waals surface area contributed by atoms with Crippen molar-refractivity contribution in [2.24, 2.45) is 0 Å². The van der Waals surface area contributed by atoms with Gasteiger partial charge >= 0.3 is 0 Å². The first-order chi connectivity index (χ1) is 11.1. The van der Waals surface area contributed by atoms with Gasteiger partial charge < -0.3 is 14.8 Å². The van der Waals surface area contributed by atoms with Crippen molar-refractivity contribution in [3.05, 3.63) is 58.1 Å². The van der Waals surface area contributed by atoms with E-state index in [1.165, 1.54) is 0 Å². The molecule has 0 spiro atoms. The van der Waals surface area contributed by atoms with Gasteiger partial charge in [0.1, 0.15) is 13.2 Å². The standard InChI is InChI=1S/C18H18BrNO3/c1-12(14-3-5-15(19)6-4-14)20-18(21)11-13-2-7-16-17(10-13)23-9-8-22-16/h2-7,10,12H,8-9,11H2,1H3,(H,20,21). The number of benzene rings is 2. The summed E-state index contributed by atoms with van der Waals surface area (Å²) >= 11 is 3.41. The number of nitrogens with one attached hydrogen (secondary N) is 1. The first kappa shape index (κ1) is 15.9. The molecule has 1 atom stereocenters. The monoisotopic (exact) mass is 375 g/mol. The summed E-state index contributed by atoms with van der Waals surface area (Å²) in [6.45, 7) is 3.09. The fraction of sp³-hybridized carbons (Fsp3) is 0.278. The quantitative estimate of drug-likeness (QED) is 0.887. The molecule has 120 valence electrons. The predicted octanol–water partition coefficient (Wildman–Crippen LogP) is 3.64. The van der Waals surface area contributed by atoms with Crippen molar-refractivity contribution < 1.29 is 14.3 Å². The SMILES string of the molecule is CC(NC(=O)Cc1ccc2c(c1)OCCO2)c1ccc(Br)cc1. The summed E-state index contributed by atoms with van der Waals surface area (Å²) in [5, 5.41) is 3.02. The third kappa shape index (κ3) is 4.05. The van der Waals surface area contributed by atoms with Crippen molar-refractivity contribution >= 4 is 21.8 Å². The molecule has 0 saturated heterocycles. The van der Waals surface area contributed by atoms with Crippen LogP contribution in [0.1, 0.15) is 24.1 Å². The van der Waals surface area contributed by atoms with Crippen LogP contribution in [0, 0.1) is 0 Å². The van der Waals surface area contributed by atoms with Crippen LogP contribution >= 0.6 is 15.9 Å². The Balaban J connectivity index is 1.61. The van der Waals surface area contributed by atoms with Gasteiger partial charge in [-0.05, 0) is 42.3 Å². The fourth-order valence-corrected chi connectivity index (χ4v) is 2.77. The van der Waals surface area contributed by atoms with Crippen molar-refractivity contribution in [3.8, 4) is 11.5 Å². The highest BCUT2D eigenvalue weighted by Gasteiger charge is 2.14. The van der Waals surface area contributed by atoms with Gasteiger partial charge in [-0.3, -0.25) is 4.79 Å². The Kier molecular flexibility index (Phi) is 4.86. The summed E-state index contributed by atoms with van der Waals surface area (Å²) < 4.78 is 12.1. The van der Waals surface area contributed by atoms with E-state index in [1.54, 1.807) is 0 Å². The maximum atomic E-state index is 12.2. The maximum absolute atomic E-state index is 12.2. The van der Waals surface area contributed by atoms with Crippen LogP contribution in [-0.4, -0.2) is 19.1 Å². The average molecular weight is 376 g/mol. The van der Waals surface area contributed by atoms with Gasteiger partial charge in [0.2, 0.25) is 5.91 Å². The number of carbonyl (C=O) groups excluding carboxylic acids is 1. The molecule has 1 N–H and O–H groups in total. The van der Waals surface area contributed by atoms with Crippen molar-refractivity contribution in [1.82, 2.24) is 5.32 Å². The molecule has 1 aliphatic heterocycles. The van der Waals surface area contributed by atoms with Gasteiger partial charge in [0.25, 0.3) is 0 Å². The van der Waals surface area contributed by atoms with E-state index in [9.17, 15) is 4.79 Å². The molecule has 1 aliphatic rings. The molecule has 1 heterocycles. The van der Waals surface area contributed by atoms with Crippen LogP contribution in [0.5, 0.6) is 11.5 Å². The lowest BCUT2D eigenvalue weighted by Gasteiger charge is -2.19. The minimum Gasteiger partial charge on any atom is -0.486 e. The summed E-state index contributed by atoms with van der Waals surface area (Å²) in [4.78, 5) is 12.2. The lowest BCUT2D eigenvalue weighted by atomic mass is 10.1. The van der Waals surface area contributed by atoms with Crippen LogP contribution in [-0.2, 0) is 11.2 Å². The smallest absolute Gasteiger partial charge is 0.224 e. The Hall–Kier alpha value is -2.01. The van der Waals surface area contributed by atoms with E-state index in [0.29, 0.717) is 25.4 Å². The summed E-state index contributed by atoms with van der Waals surface area (Å²) in [5.74, 6) is 1.43. The van der Waals surface area contributed by atoms with E-state index in [1.807, 2.05) is 49.4 Å². The number of ether oxygens (including phenoxy) is 2. The lowest BCUT2D eigenvalue weighted by molar-refractivity contribution is -0.121. The topological polar surface area (TPSA) is 47.6 Å². The number of hydrogen-bond donors (Lipinski definition) is 1. The molecule has 0 aliphatic carbocycles. The molecule has 0 aromatic heterocycles. The summed E-state index contributed by atoms with van der Waals surface area (Å²) in [6, 6.07) is 13.5. The van der Waals surface area contributed by atoms with E-state index in [0.717, 1.165) is 21.3 Å². The van der Waals surface area contributed by atoms with Gasteiger partial charge in [0, 0.05) is 4.47 Å². The predicted molar refractivity (Wildman–Crippen MR) is 91.8 cm³/mol. The second-order valence-corrected chi connectivity index (χ2v) is 6.41. The largest absolute Gasteiger partial charge is 0.486 e. The van der Waals surface area contributed by atoms with Crippen LogP contribution in [0.15, 0.2) is 46.9 Å². The number of fused-ring (bicyclic) bond motifs is 1. The molecule has 0 saturated carbocycles. The Bertz CT molecular complexity index is 700. The van der Waals surface area contributed by atoms with Crippen LogP contribution in [0.3, 0.4) is 0 Å². The van der Waals surface area contributed by atoms with E-state index >= 15 is 0 Å². The molecule has 1 unspecified atom stereocenters. The molecule has 2 aromatic carbocycles. The van der Waals surface area contributed by atoms with Gasteiger partial charge in [0.15, 0.2) is 11.5 Å². The fourth-order valence-electron chi connectivity index (χ4n) is 2.51. The highest BCUT2D eigenvalue weighted by atomic mass is 79.9. The van der Waals surface area contributed by atoms with Crippen molar-refractivity contribution in [1.29, 1.82) is 0 Å². The second kappa shape index (κ2) is 7.04. The number of rotatable bonds is 4. The molecule has 0 fully saturated rings. The van der Waals surface area contributed by atoms with Crippen LogP contribution in [0.4, 0.5) is 0 Å². The van der Waals surface area contributed by atoms with E-state index < -0.39 is 0 Å². The third-order valence-electron chi connectivity index (χ3n) is 3.72. The zero-order valence-electron chi connectivity index (χ0n) is 12.8. The first-order valence-corrected chi connectivity index (χ1v) is 8.34. The Morgan fingerprint density at radius 1 is 1.13 bits per heavy atom. The van der Waals surface area contributed by atoms with Crippen LogP contribution in [0.25, 0.3) is 0 Å². The van der Waals surface area contributed by atoms with Gasteiger partial charge in [-0.25, -0.2) is 0 Å². The number of halogens is 1. The van der Waals surface area contributed by atoms with Crippen molar-refractivity contribution in [2.45, 2.75) is 19.4 Å². The Morgan fingerprint density at radius 3 is 2.57 bits per heavy atom. The minimum absolute atomic E-state index is 0.0166. The molecule has 4 nitrogen and oxygen atoms in total. The second-order valence-electron chi connectivity index (χ2n) is 5.50. The molecule has 0 bridgehead atoms. The van der Waals surface area contributed by atoms with E-state index in [4.69, 9.17) is 9.47 Å².